The van der Waals surface area contributed by atoms with E-state index in [1.54, 1.807) is 11.8 Å². The molecule has 2 aromatic rings. The number of carbonyl (C=O) groups excluding carboxylic acids is 1. The van der Waals surface area contributed by atoms with Gasteiger partial charge in [-0.05, 0) is 48.2 Å². The van der Waals surface area contributed by atoms with Crippen molar-refractivity contribution >= 4 is 29.3 Å². The van der Waals surface area contributed by atoms with Gasteiger partial charge >= 0.3 is 0 Å². The fourth-order valence-corrected chi connectivity index (χ4v) is 4.72. The molecular weight excluding hydrogens is 394 g/mol. The van der Waals surface area contributed by atoms with Crippen LogP contribution >= 0.6 is 23.4 Å². The molecule has 0 aliphatic carbocycles. The normalized spacial score (nSPS) is 18.8. The molecule has 0 radical (unpaired) electrons. The van der Waals surface area contributed by atoms with Crippen LogP contribution in [0.25, 0.3) is 0 Å². The van der Waals surface area contributed by atoms with E-state index in [9.17, 15) is 4.79 Å². The number of amides is 1. The van der Waals surface area contributed by atoms with Crippen LogP contribution in [0, 0.1) is 0 Å². The first kappa shape index (κ1) is 19.5. The quantitative estimate of drug-likeness (QED) is 0.678. The molecule has 0 N–H and O–H groups in total. The number of carbonyl (C=O) groups is 1. The highest BCUT2D eigenvalue weighted by Gasteiger charge is 2.30. The Bertz CT molecular complexity index is 827. The smallest absolute Gasteiger partial charge is 0.233 e. The molecule has 2 aromatic carbocycles. The van der Waals surface area contributed by atoms with Gasteiger partial charge in [-0.15, -0.1) is 11.8 Å². The fourth-order valence-electron chi connectivity index (χ4n) is 3.72. The number of hydrogen-bond acceptors (Lipinski definition) is 4. The second kappa shape index (κ2) is 9.10. The number of rotatable bonds is 5. The van der Waals surface area contributed by atoms with Gasteiger partial charge in [-0.3, -0.25) is 4.79 Å². The van der Waals surface area contributed by atoms with Gasteiger partial charge in [-0.2, -0.15) is 0 Å². The van der Waals surface area contributed by atoms with E-state index < -0.39 is 0 Å². The molecule has 0 aromatic heterocycles. The topological polar surface area (TPSA) is 38.8 Å². The third-order valence-electron chi connectivity index (χ3n) is 5.14. The Morgan fingerprint density at radius 2 is 1.86 bits per heavy atom. The number of thioether (sulfide) groups is 1. The standard InChI is InChI=1S/C22H24ClNO3S/c23-18-7-4-16(5-8-18)14-28-15-22(25)24-10-1-3-19(24)17-6-9-20-21(13-17)27-12-2-11-26-20/h4-9,13,19H,1-3,10-12,14-15H2/t19-/m0/s1. The number of ether oxygens (including phenoxy) is 2. The van der Waals surface area contributed by atoms with Crippen molar-refractivity contribution in [3.05, 3.63) is 58.6 Å². The SMILES string of the molecule is O=C(CSCc1ccc(Cl)cc1)N1CCC[C@H]1c1ccc2c(c1)OCCCO2. The summed E-state index contributed by atoms with van der Waals surface area (Å²) in [6.45, 7) is 2.18. The Hall–Kier alpha value is -1.85. The molecule has 2 aliphatic rings. The van der Waals surface area contributed by atoms with Crippen LogP contribution in [0.4, 0.5) is 0 Å². The zero-order valence-electron chi connectivity index (χ0n) is 15.7. The fraction of sp³-hybridized carbons (Fsp3) is 0.409. The van der Waals surface area contributed by atoms with Crippen molar-refractivity contribution in [1.82, 2.24) is 4.90 Å². The second-order valence-electron chi connectivity index (χ2n) is 7.12. The molecule has 2 heterocycles. The van der Waals surface area contributed by atoms with E-state index in [1.165, 1.54) is 5.56 Å². The molecule has 1 atom stereocenters. The van der Waals surface area contributed by atoms with Crippen LogP contribution in [0.5, 0.6) is 11.5 Å². The summed E-state index contributed by atoms with van der Waals surface area (Å²) in [5.41, 5.74) is 2.32. The average Bonchev–Trinajstić information content (AvgIpc) is 3.08. The van der Waals surface area contributed by atoms with Crippen LogP contribution in [0.15, 0.2) is 42.5 Å². The molecule has 0 saturated carbocycles. The van der Waals surface area contributed by atoms with Crippen molar-refractivity contribution in [3.63, 3.8) is 0 Å². The van der Waals surface area contributed by atoms with Gasteiger partial charge < -0.3 is 14.4 Å². The van der Waals surface area contributed by atoms with E-state index >= 15 is 0 Å². The van der Waals surface area contributed by atoms with Crippen molar-refractivity contribution in [2.24, 2.45) is 0 Å². The largest absolute Gasteiger partial charge is 0.490 e. The Labute approximate surface area is 175 Å². The Morgan fingerprint density at radius 3 is 2.68 bits per heavy atom. The van der Waals surface area contributed by atoms with E-state index in [4.69, 9.17) is 21.1 Å². The average molecular weight is 418 g/mol. The van der Waals surface area contributed by atoms with Crippen molar-refractivity contribution in [3.8, 4) is 11.5 Å². The summed E-state index contributed by atoms with van der Waals surface area (Å²) in [6.07, 6.45) is 2.92. The molecular formula is C22H24ClNO3S. The maximum absolute atomic E-state index is 12.8. The van der Waals surface area contributed by atoms with Crippen LogP contribution in [-0.2, 0) is 10.5 Å². The molecule has 148 valence electrons. The number of fused-ring (bicyclic) bond motifs is 1. The van der Waals surface area contributed by atoms with Gasteiger partial charge in [0.1, 0.15) is 0 Å². The summed E-state index contributed by atoms with van der Waals surface area (Å²) in [4.78, 5) is 14.9. The maximum Gasteiger partial charge on any atom is 0.233 e. The second-order valence-corrected chi connectivity index (χ2v) is 8.54. The first-order valence-corrected chi connectivity index (χ1v) is 11.3. The Morgan fingerprint density at radius 1 is 1.07 bits per heavy atom. The van der Waals surface area contributed by atoms with Gasteiger partial charge in [0, 0.05) is 23.7 Å². The molecule has 28 heavy (non-hydrogen) atoms. The summed E-state index contributed by atoms with van der Waals surface area (Å²) in [7, 11) is 0. The van der Waals surface area contributed by atoms with E-state index in [2.05, 4.69) is 12.1 Å². The van der Waals surface area contributed by atoms with Crippen LogP contribution in [-0.4, -0.2) is 36.3 Å². The number of likely N-dealkylation sites (tertiary alicyclic amines) is 1. The highest BCUT2D eigenvalue weighted by molar-refractivity contribution is 7.99. The first-order valence-electron chi connectivity index (χ1n) is 9.72. The van der Waals surface area contributed by atoms with Crippen molar-refractivity contribution < 1.29 is 14.3 Å². The van der Waals surface area contributed by atoms with E-state index in [1.807, 2.05) is 35.2 Å². The lowest BCUT2D eigenvalue weighted by atomic mass is 10.0. The molecule has 0 spiro atoms. The highest BCUT2D eigenvalue weighted by Crippen LogP contribution is 2.38. The molecule has 4 nitrogen and oxygen atoms in total. The monoisotopic (exact) mass is 417 g/mol. The molecule has 1 fully saturated rings. The summed E-state index contributed by atoms with van der Waals surface area (Å²) in [5.74, 6) is 3.10. The predicted octanol–water partition coefficient (Wildman–Crippen LogP) is 5.10. The van der Waals surface area contributed by atoms with Crippen LogP contribution in [0.2, 0.25) is 5.02 Å². The van der Waals surface area contributed by atoms with Crippen molar-refractivity contribution in [2.75, 3.05) is 25.5 Å². The van der Waals surface area contributed by atoms with Crippen LogP contribution in [0.3, 0.4) is 0 Å². The zero-order valence-corrected chi connectivity index (χ0v) is 17.3. The molecule has 6 heteroatoms. The minimum absolute atomic E-state index is 0.126. The predicted molar refractivity (Wildman–Crippen MR) is 113 cm³/mol. The van der Waals surface area contributed by atoms with Gasteiger partial charge in [0.25, 0.3) is 0 Å². The van der Waals surface area contributed by atoms with Crippen molar-refractivity contribution in [2.45, 2.75) is 31.1 Å². The Balaban J connectivity index is 1.38. The minimum atomic E-state index is 0.126. The van der Waals surface area contributed by atoms with Crippen LogP contribution < -0.4 is 9.47 Å². The lowest BCUT2D eigenvalue weighted by molar-refractivity contribution is -0.129. The lowest BCUT2D eigenvalue weighted by Gasteiger charge is -2.25. The Kier molecular flexibility index (Phi) is 6.33. The number of hydrogen-bond donors (Lipinski definition) is 0. The van der Waals surface area contributed by atoms with E-state index in [0.717, 1.165) is 53.6 Å². The summed E-state index contributed by atoms with van der Waals surface area (Å²) in [6, 6.07) is 14.0. The summed E-state index contributed by atoms with van der Waals surface area (Å²) < 4.78 is 11.6. The molecule has 1 saturated heterocycles. The maximum atomic E-state index is 12.8. The highest BCUT2D eigenvalue weighted by atomic mass is 35.5. The molecule has 1 amide bonds. The molecule has 4 rings (SSSR count). The summed E-state index contributed by atoms with van der Waals surface area (Å²) in [5, 5.41) is 0.736. The van der Waals surface area contributed by atoms with E-state index in [-0.39, 0.29) is 11.9 Å². The number of halogens is 1. The van der Waals surface area contributed by atoms with Gasteiger partial charge in [-0.1, -0.05) is 29.8 Å². The van der Waals surface area contributed by atoms with Gasteiger partial charge in [0.05, 0.1) is 25.0 Å². The van der Waals surface area contributed by atoms with Gasteiger partial charge in [-0.25, -0.2) is 0 Å². The van der Waals surface area contributed by atoms with Gasteiger partial charge in [0.2, 0.25) is 5.91 Å². The zero-order chi connectivity index (χ0) is 19.3. The van der Waals surface area contributed by atoms with Crippen molar-refractivity contribution in [1.29, 1.82) is 0 Å². The molecule has 0 unspecified atom stereocenters. The minimum Gasteiger partial charge on any atom is -0.490 e. The third-order valence-corrected chi connectivity index (χ3v) is 6.38. The third kappa shape index (κ3) is 4.58. The lowest BCUT2D eigenvalue weighted by Crippen LogP contribution is -2.32. The van der Waals surface area contributed by atoms with Crippen LogP contribution in [0.1, 0.15) is 36.4 Å². The van der Waals surface area contributed by atoms with Gasteiger partial charge in [0.15, 0.2) is 11.5 Å². The summed E-state index contributed by atoms with van der Waals surface area (Å²) >= 11 is 7.58. The molecule has 2 aliphatic heterocycles. The first-order chi connectivity index (χ1) is 13.7. The number of benzene rings is 2. The van der Waals surface area contributed by atoms with E-state index in [0.29, 0.717) is 19.0 Å². The number of nitrogens with zero attached hydrogens (tertiary/aromatic N) is 1. The molecule has 0 bridgehead atoms.